The van der Waals surface area contributed by atoms with Gasteiger partial charge in [0.25, 0.3) is 0 Å². The average molecular weight is 255 g/mol. The first-order chi connectivity index (χ1) is 8.69. The predicted octanol–water partition coefficient (Wildman–Crippen LogP) is 2.18. The minimum atomic E-state index is 0.704. The molecule has 1 unspecified atom stereocenters. The molecule has 0 aromatic carbocycles. The highest BCUT2D eigenvalue weighted by molar-refractivity contribution is 4.81. The zero-order chi connectivity index (χ0) is 13.4. The van der Waals surface area contributed by atoms with Crippen LogP contribution >= 0.6 is 0 Å². The predicted molar refractivity (Wildman–Crippen MR) is 80.1 cm³/mol. The van der Waals surface area contributed by atoms with Crippen molar-refractivity contribution in [3.05, 3.63) is 0 Å². The molecule has 0 aliphatic carbocycles. The van der Waals surface area contributed by atoms with Gasteiger partial charge in [0.1, 0.15) is 0 Å². The van der Waals surface area contributed by atoms with Gasteiger partial charge in [0, 0.05) is 44.8 Å². The molecule has 0 amide bonds. The molecule has 108 valence electrons. The van der Waals surface area contributed by atoms with E-state index in [1.807, 2.05) is 0 Å². The van der Waals surface area contributed by atoms with E-state index in [1.54, 1.807) is 0 Å². The highest BCUT2D eigenvalue weighted by Crippen LogP contribution is 2.12. The van der Waals surface area contributed by atoms with Crippen LogP contribution in [0.3, 0.4) is 0 Å². The van der Waals surface area contributed by atoms with E-state index in [0.717, 1.165) is 12.6 Å². The standard InChI is InChI=1S/C15H33N3/c1-5-7-15(13-16-8-6-2)18-11-9-17(10-12-18)14(3)4/h14-16H,5-13H2,1-4H3. The molecule has 18 heavy (non-hydrogen) atoms. The van der Waals surface area contributed by atoms with Crippen LogP contribution in [-0.2, 0) is 0 Å². The van der Waals surface area contributed by atoms with Gasteiger partial charge in [0.2, 0.25) is 0 Å². The van der Waals surface area contributed by atoms with Crippen LogP contribution in [0, 0.1) is 0 Å². The summed E-state index contributed by atoms with van der Waals surface area (Å²) in [6.07, 6.45) is 3.86. The van der Waals surface area contributed by atoms with Crippen molar-refractivity contribution in [3.63, 3.8) is 0 Å². The molecule has 1 heterocycles. The minimum absolute atomic E-state index is 0.704. The maximum atomic E-state index is 3.60. The average Bonchev–Trinajstić information content (AvgIpc) is 2.38. The number of hydrogen-bond acceptors (Lipinski definition) is 3. The molecule has 1 aliphatic rings. The zero-order valence-corrected chi connectivity index (χ0v) is 12.9. The van der Waals surface area contributed by atoms with E-state index in [-0.39, 0.29) is 0 Å². The molecule has 0 radical (unpaired) electrons. The maximum absolute atomic E-state index is 3.60. The normalized spacial score (nSPS) is 20.5. The van der Waals surface area contributed by atoms with Gasteiger partial charge in [-0.1, -0.05) is 20.3 Å². The molecule has 1 fully saturated rings. The van der Waals surface area contributed by atoms with Gasteiger partial charge < -0.3 is 5.32 Å². The van der Waals surface area contributed by atoms with E-state index in [1.165, 1.54) is 52.0 Å². The lowest BCUT2D eigenvalue weighted by Crippen LogP contribution is -2.54. The molecule has 3 heteroatoms. The summed E-state index contributed by atoms with van der Waals surface area (Å²) in [6.45, 7) is 16.5. The van der Waals surface area contributed by atoms with Gasteiger partial charge in [-0.3, -0.25) is 9.80 Å². The lowest BCUT2D eigenvalue weighted by atomic mass is 10.1. The third kappa shape index (κ3) is 5.25. The monoisotopic (exact) mass is 255 g/mol. The number of rotatable bonds is 8. The number of nitrogens with zero attached hydrogens (tertiary/aromatic N) is 2. The highest BCUT2D eigenvalue weighted by Gasteiger charge is 2.23. The molecule has 0 aromatic heterocycles. The third-order valence-electron chi connectivity index (χ3n) is 4.02. The van der Waals surface area contributed by atoms with Crippen LogP contribution in [0.25, 0.3) is 0 Å². The Labute approximate surface area is 114 Å². The summed E-state index contributed by atoms with van der Waals surface area (Å²) in [5.41, 5.74) is 0. The lowest BCUT2D eigenvalue weighted by Gasteiger charge is -2.41. The molecule has 1 aliphatic heterocycles. The third-order valence-corrected chi connectivity index (χ3v) is 4.02. The molecule has 0 aromatic rings. The van der Waals surface area contributed by atoms with Gasteiger partial charge in [-0.15, -0.1) is 0 Å². The van der Waals surface area contributed by atoms with E-state index in [0.29, 0.717) is 6.04 Å². The molecule has 1 N–H and O–H groups in total. The summed E-state index contributed by atoms with van der Waals surface area (Å²) in [5, 5.41) is 3.60. The molecule has 1 atom stereocenters. The Morgan fingerprint density at radius 3 is 2.06 bits per heavy atom. The molecular weight excluding hydrogens is 222 g/mol. The van der Waals surface area contributed by atoms with Crippen molar-refractivity contribution >= 4 is 0 Å². The highest BCUT2D eigenvalue weighted by atomic mass is 15.3. The topological polar surface area (TPSA) is 18.5 Å². The minimum Gasteiger partial charge on any atom is -0.315 e. The fourth-order valence-electron chi connectivity index (χ4n) is 2.81. The van der Waals surface area contributed by atoms with Gasteiger partial charge >= 0.3 is 0 Å². The van der Waals surface area contributed by atoms with Crippen molar-refractivity contribution in [1.82, 2.24) is 15.1 Å². The van der Waals surface area contributed by atoms with Gasteiger partial charge in [0.15, 0.2) is 0 Å². The first-order valence-electron chi connectivity index (χ1n) is 7.87. The first kappa shape index (κ1) is 15.9. The van der Waals surface area contributed by atoms with Gasteiger partial charge in [-0.05, 0) is 33.2 Å². The van der Waals surface area contributed by atoms with Crippen molar-refractivity contribution < 1.29 is 0 Å². The quantitative estimate of drug-likeness (QED) is 0.671. The first-order valence-corrected chi connectivity index (χ1v) is 7.87. The lowest BCUT2D eigenvalue weighted by molar-refractivity contribution is 0.0743. The SMILES string of the molecule is CCCNCC(CCC)N1CCN(C(C)C)CC1. The van der Waals surface area contributed by atoms with Crippen LogP contribution in [-0.4, -0.2) is 61.2 Å². The Bertz CT molecular complexity index is 198. The van der Waals surface area contributed by atoms with Crippen LogP contribution in [0.5, 0.6) is 0 Å². The summed E-state index contributed by atoms with van der Waals surface area (Å²) < 4.78 is 0. The second-order valence-electron chi connectivity index (χ2n) is 5.81. The maximum Gasteiger partial charge on any atom is 0.0221 e. The Morgan fingerprint density at radius 1 is 0.944 bits per heavy atom. The van der Waals surface area contributed by atoms with Crippen LogP contribution < -0.4 is 5.32 Å². The van der Waals surface area contributed by atoms with E-state index in [2.05, 4.69) is 42.8 Å². The van der Waals surface area contributed by atoms with Crippen molar-refractivity contribution in [2.24, 2.45) is 0 Å². The fraction of sp³-hybridized carbons (Fsp3) is 1.00. The molecule has 0 spiro atoms. The van der Waals surface area contributed by atoms with Crippen LogP contribution in [0.1, 0.15) is 47.0 Å². The number of hydrogen-bond donors (Lipinski definition) is 1. The van der Waals surface area contributed by atoms with E-state index >= 15 is 0 Å². The molecular formula is C15H33N3. The second kappa shape index (κ2) is 8.89. The van der Waals surface area contributed by atoms with E-state index < -0.39 is 0 Å². The van der Waals surface area contributed by atoms with Gasteiger partial charge in [-0.25, -0.2) is 0 Å². The Kier molecular flexibility index (Phi) is 7.87. The Balaban J connectivity index is 2.34. The summed E-state index contributed by atoms with van der Waals surface area (Å²) in [5.74, 6) is 0. The van der Waals surface area contributed by atoms with Crippen LogP contribution in [0.2, 0.25) is 0 Å². The Hall–Kier alpha value is -0.120. The van der Waals surface area contributed by atoms with Crippen molar-refractivity contribution in [2.45, 2.75) is 59.0 Å². The van der Waals surface area contributed by atoms with Crippen molar-refractivity contribution in [1.29, 1.82) is 0 Å². The molecule has 1 saturated heterocycles. The number of piperazine rings is 1. The van der Waals surface area contributed by atoms with Crippen molar-refractivity contribution in [2.75, 3.05) is 39.3 Å². The summed E-state index contributed by atoms with van der Waals surface area (Å²) in [4.78, 5) is 5.30. The van der Waals surface area contributed by atoms with E-state index in [9.17, 15) is 0 Å². The van der Waals surface area contributed by atoms with Crippen LogP contribution in [0.15, 0.2) is 0 Å². The largest absolute Gasteiger partial charge is 0.315 e. The summed E-state index contributed by atoms with van der Waals surface area (Å²) in [7, 11) is 0. The van der Waals surface area contributed by atoms with Crippen LogP contribution in [0.4, 0.5) is 0 Å². The van der Waals surface area contributed by atoms with E-state index in [4.69, 9.17) is 0 Å². The molecule has 1 rings (SSSR count). The van der Waals surface area contributed by atoms with Gasteiger partial charge in [-0.2, -0.15) is 0 Å². The second-order valence-corrected chi connectivity index (χ2v) is 5.81. The number of nitrogens with one attached hydrogen (secondary N) is 1. The summed E-state index contributed by atoms with van der Waals surface area (Å²) >= 11 is 0. The smallest absolute Gasteiger partial charge is 0.0221 e. The molecule has 3 nitrogen and oxygen atoms in total. The molecule has 0 saturated carbocycles. The summed E-state index contributed by atoms with van der Waals surface area (Å²) in [6, 6.07) is 1.45. The zero-order valence-electron chi connectivity index (χ0n) is 12.9. The van der Waals surface area contributed by atoms with Gasteiger partial charge in [0.05, 0.1) is 0 Å². The van der Waals surface area contributed by atoms with Crippen molar-refractivity contribution in [3.8, 4) is 0 Å². The Morgan fingerprint density at radius 2 is 1.56 bits per heavy atom. The fourth-order valence-corrected chi connectivity index (χ4v) is 2.81. The molecule has 0 bridgehead atoms.